The number of esters is 4. The average Bonchev–Trinajstić information content (AvgIpc) is 3.93. The molecule has 1 saturated heterocycles. The molecule has 0 spiro atoms. The van der Waals surface area contributed by atoms with E-state index in [9.17, 15) is 24.3 Å². The molecule has 0 radical (unpaired) electrons. The molecule has 54 heavy (non-hydrogen) atoms. The number of hydrogen-bond donors (Lipinski definition) is 1. The van der Waals surface area contributed by atoms with E-state index in [4.69, 9.17) is 52.1 Å². The van der Waals surface area contributed by atoms with Crippen molar-refractivity contribution < 1.29 is 76.4 Å². The van der Waals surface area contributed by atoms with Crippen LogP contribution in [0.4, 0.5) is 0 Å². The largest absolute Gasteiger partial charge is 0.493 e. The first-order valence-electron chi connectivity index (χ1n) is 16.6. The van der Waals surface area contributed by atoms with Crippen LogP contribution in [-0.4, -0.2) is 109 Å². The van der Waals surface area contributed by atoms with Crippen molar-refractivity contribution in [1.29, 1.82) is 0 Å². The molecular formula is C38H38O16. The Morgan fingerprint density at radius 2 is 1.07 bits per heavy atom. The fraction of sp³-hybridized carbons (Fsp3) is 0.368. The van der Waals surface area contributed by atoms with E-state index in [0.29, 0.717) is 0 Å². The Labute approximate surface area is 309 Å². The zero-order chi connectivity index (χ0) is 38.7. The fourth-order valence-corrected chi connectivity index (χ4v) is 6.59. The summed E-state index contributed by atoms with van der Waals surface area (Å²) in [6.07, 6.45) is 4.44. The number of carbonyl (C=O) groups is 4. The molecule has 2 aromatic rings. The Balaban J connectivity index is 1.54. The summed E-state index contributed by atoms with van der Waals surface area (Å²) in [5, 5.41) is 11.4. The number of hydrogen-bond acceptors (Lipinski definition) is 16. The first-order valence-corrected chi connectivity index (χ1v) is 16.6. The monoisotopic (exact) mass is 750 g/mol. The Kier molecular flexibility index (Phi) is 11.1. The van der Waals surface area contributed by atoms with Crippen LogP contribution in [0.15, 0.2) is 60.7 Å². The van der Waals surface area contributed by atoms with E-state index in [-0.39, 0.29) is 56.8 Å². The molecule has 0 saturated carbocycles. The lowest BCUT2D eigenvalue weighted by Gasteiger charge is -2.43. The molecule has 4 aliphatic rings. The van der Waals surface area contributed by atoms with Gasteiger partial charge in [-0.15, -0.1) is 0 Å². The highest BCUT2D eigenvalue weighted by Gasteiger charge is 2.54. The molecule has 0 bridgehead atoms. The van der Waals surface area contributed by atoms with Crippen LogP contribution in [0.5, 0.6) is 34.5 Å². The summed E-state index contributed by atoms with van der Waals surface area (Å²) in [6, 6.07) is 2.59. The van der Waals surface area contributed by atoms with Gasteiger partial charge in [0.05, 0.1) is 65.6 Å². The SMILES string of the molecule is COc1cc2c(c(OC)c1OC)-c1c(cc(OC)c(OC)c1OC)C(=O)O[C@@H]1[C@H](OC2=O)[C@H](OC(=O)C2C=CC=C2)[C@@H](COC(=O)C2C=CC=C2)O[C@@H]1O. The Morgan fingerprint density at radius 1 is 0.630 bits per heavy atom. The van der Waals surface area contributed by atoms with E-state index in [2.05, 4.69) is 0 Å². The van der Waals surface area contributed by atoms with Crippen molar-refractivity contribution in [2.45, 2.75) is 30.7 Å². The zero-order valence-corrected chi connectivity index (χ0v) is 30.1. The molecule has 16 heteroatoms. The summed E-state index contributed by atoms with van der Waals surface area (Å²) < 4.78 is 63.1. The standard InChI is InChI=1S/C38H38O16/c1-44-22-15-20-25(30(48-5)27(22)46-3)26-21(16-23(45-2)28(47-4)31(26)49-6)37(42)54-33-32(53-36(20)41)29(52-35(40)19-13-9-10-14-19)24(51-38(33)43)17-50-34(39)18-11-7-8-12-18/h7-16,18-19,24,29,32-33,38,43H,17H2,1-6H3/t24-,29-,32-,33-,38+/m1/s1. The van der Waals surface area contributed by atoms with Gasteiger partial charge in [0.1, 0.15) is 12.7 Å². The first kappa shape index (κ1) is 37.7. The predicted octanol–water partition coefficient (Wildman–Crippen LogP) is 3.13. The van der Waals surface area contributed by atoms with Crippen LogP contribution in [-0.2, 0) is 33.3 Å². The van der Waals surface area contributed by atoms with E-state index in [1.165, 1.54) is 54.8 Å². The van der Waals surface area contributed by atoms with Crippen LogP contribution in [0.3, 0.4) is 0 Å². The van der Waals surface area contributed by atoms with E-state index in [1.807, 2.05) is 0 Å². The highest BCUT2D eigenvalue weighted by atomic mass is 16.7. The van der Waals surface area contributed by atoms with Crippen molar-refractivity contribution in [2.75, 3.05) is 49.3 Å². The summed E-state index contributed by atoms with van der Waals surface area (Å²) in [7, 11) is 7.98. The molecule has 5 atom stereocenters. The molecule has 2 aliphatic heterocycles. The van der Waals surface area contributed by atoms with Gasteiger partial charge in [-0.05, 0) is 12.1 Å². The minimum atomic E-state index is -1.99. The molecule has 2 heterocycles. The molecule has 286 valence electrons. The number of fused-ring (bicyclic) bond motifs is 4. The summed E-state index contributed by atoms with van der Waals surface area (Å²) in [5.74, 6) is -5.09. The lowest BCUT2D eigenvalue weighted by atomic mass is 9.90. The number of rotatable bonds is 11. The minimum absolute atomic E-state index is 0.0387. The predicted molar refractivity (Wildman–Crippen MR) is 185 cm³/mol. The van der Waals surface area contributed by atoms with Crippen LogP contribution in [0, 0.1) is 11.8 Å². The van der Waals surface area contributed by atoms with Crippen molar-refractivity contribution >= 4 is 23.9 Å². The van der Waals surface area contributed by atoms with Crippen molar-refractivity contribution in [3.8, 4) is 45.6 Å². The van der Waals surface area contributed by atoms with Gasteiger partial charge in [-0.2, -0.15) is 0 Å². The number of allylic oxidation sites excluding steroid dienone is 4. The molecule has 0 amide bonds. The maximum Gasteiger partial charge on any atom is 0.339 e. The number of aliphatic hydroxyl groups is 1. The Bertz CT molecular complexity index is 1920. The highest BCUT2D eigenvalue weighted by molar-refractivity contribution is 6.09. The van der Waals surface area contributed by atoms with Crippen LogP contribution in [0.2, 0.25) is 0 Å². The second kappa shape index (κ2) is 15.9. The maximum atomic E-state index is 14.6. The maximum absolute atomic E-state index is 14.6. The van der Waals surface area contributed by atoms with Crippen LogP contribution in [0.25, 0.3) is 11.1 Å². The van der Waals surface area contributed by atoms with E-state index < -0.39 is 73.0 Å². The number of methoxy groups -OCH3 is 6. The Hall–Kier alpha value is -6.00. The van der Waals surface area contributed by atoms with Crippen molar-refractivity contribution in [2.24, 2.45) is 11.8 Å². The zero-order valence-electron chi connectivity index (χ0n) is 30.1. The van der Waals surface area contributed by atoms with Gasteiger partial charge in [-0.1, -0.05) is 48.6 Å². The smallest absolute Gasteiger partial charge is 0.339 e. The molecule has 6 rings (SSSR count). The van der Waals surface area contributed by atoms with Crippen molar-refractivity contribution in [3.05, 3.63) is 71.9 Å². The summed E-state index contributed by atoms with van der Waals surface area (Å²) in [4.78, 5) is 55.4. The normalized spacial score (nSPS) is 23.0. The summed E-state index contributed by atoms with van der Waals surface area (Å²) in [5.41, 5.74) is -0.591. The van der Waals surface area contributed by atoms with Gasteiger partial charge in [0, 0.05) is 11.1 Å². The van der Waals surface area contributed by atoms with Gasteiger partial charge in [0.25, 0.3) is 0 Å². The van der Waals surface area contributed by atoms with Gasteiger partial charge in [0.15, 0.2) is 47.6 Å². The van der Waals surface area contributed by atoms with Gasteiger partial charge < -0.3 is 57.2 Å². The number of aliphatic hydroxyl groups excluding tert-OH is 1. The van der Waals surface area contributed by atoms with Crippen LogP contribution in [0.1, 0.15) is 20.7 Å². The molecule has 1 fully saturated rings. The highest BCUT2D eigenvalue weighted by Crippen LogP contribution is 2.55. The third-order valence-electron chi connectivity index (χ3n) is 9.13. The third kappa shape index (κ3) is 6.80. The fourth-order valence-electron chi connectivity index (χ4n) is 6.59. The molecular weight excluding hydrogens is 712 g/mol. The number of carbonyl (C=O) groups excluding carboxylic acids is 4. The van der Waals surface area contributed by atoms with E-state index >= 15 is 0 Å². The van der Waals surface area contributed by atoms with E-state index in [0.717, 1.165) is 0 Å². The second-order valence-electron chi connectivity index (χ2n) is 12.1. The van der Waals surface area contributed by atoms with Gasteiger partial charge in [0.2, 0.25) is 11.5 Å². The van der Waals surface area contributed by atoms with Gasteiger partial charge in [-0.3, -0.25) is 9.59 Å². The minimum Gasteiger partial charge on any atom is -0.493 e. The molecule has 0 aromatic heterocycles. The number of ether oxygens (including phenoxy) is 11. The quantitative estimate of drug-likeness (QED) is 0.260. The summed E-state index contributed by atoms with van der Waals surface area (Å²) >= 11 is 0. The Morgan fingerprint density at radius 3 is 1.52 bits per heavy atom. The molecule has 2 aliphatic carbocycles. The lowest BCUT2D eigenvalue weighted by Crippen LogP contribution is -2.62. The third-order valence-corrected chi connectivity index (χ3v) is 9.13. The van der Waals surface area contributed by atoms with Gasteiger partial charge >= 0.3 is 23.9 Å². The molecule has 2 aromatic carbocycles. The van der Waals surface area contributed by atoms with E-state index in [1.54, 1.807) is 48.6 Å². The first-order chi connectivity index (χ1) is 26.1. The van der Waals surface area contributed by atoms with Gasteiger partial charge in [-0.25, -0.2) is 9.59 Å². The topological polar surface area (TPSA) is 190 Å². The molecule has 1 N–H and O–H groups in total. The van der Waals surface area contributed by atoms with Crippen LogP contribution < -0.4 is 28.4 Å². The van der Waals surface area contributed by atoms with Crippen LogP contribution >= 0.6 is 0 Å². The average molecular weight is 751 g/mol. The van der Waals surface area contributed by atoms with Crippen molar-refractivity contribution in [3.63, 3.8) is 0 Å². The lowest BCUT2D eigenvalue weighted by molar-refractivity contribution is -0.289. The van der Waals surface area contributed by atoms with Crippen molar-refractivity contribution in [1.82, 2.24) is 0 Å². The molecule has 0 unspecified atom stereocenters. The number of benzene rings is 2. The second-order valence-corrected chi connectivity index (χ2v) is 12.1. The summed E-state index contributed by atoms with van der Waals surface area (Å²) in [6.45, 7) is -0.552. The molecule has 16 nitrogen and oxygen atoms in total.